The first-order valence-corrected chi connectivity index (χ1v) is 6.25. The predicted octanol–water partition coefficient (Wildman–Crippen LogP) is 2.53. The third-order valence-corrected chi connectivity index (χ3v) is 3.32. The summed E-state index contributed by atoms with van der Waals surface area (Å²) in [6.07, 6.45) is -3.25. The summed E-state index contributed by atoms with van der Waals surface area (Å²) in [5.74, 6) is -0.208. The lowest BCUT2D eigenvalue weighted by atomic mass is 10.1. The second-order valence-electron chi connectivity index (χ2n) is 4.69. The van der Waals surface area contributed by atoms with Crippen LogP contribution in [0, 0.1) is 0 Å². The van der Waals surface area contributed by atoms with Gasteiger partial charge in [-0.1, -0.05) is 24.3 Å². The predicted molar refractivity (Wildman–Crippen MR) is 69.9 cm³/mol. The van der Waals surface area contributed by atoms with Crippen LogP contribution >= 0.6 is 0 Å². The molecule has 1 aromatic rings. The van der Waals surface area contributed by atoms with Gasteiger partial charge in [0.15, 0.2) is 0 Å². The molecule has 6 heteroatoms. The number of anilines is 1. The molecule has 0 radical (unpaired) electrons. The van der Waals surface area contributed by atoms with Gasteiger partial charge in [-0.25, -0.2) is 0 Å². The lowest BCUT2D eigenvalue weighted by Crippen LogP contribution is -2.37. The number of benzene rings is 1. The number of amides is 1. The van der Waals surface area contributed by atoms with Gasteiger partial charge in [-0.15, -0.1) is 0 Å². The lowest BCUT2D eigenvalue weighted by molar-refractivity contribution is -0.131. The van der Waals surface area contributed by atoms with Crippen molar-refractivity contribution in [3.05, 3.63) is 41.5 Å². The minimum absolute atomic E-state index is 0.000412. The molecule has 0 saturated heterocycles. The number of carbonyl (C=O) groups is 1. The number of hydrogen-bond donors (Lipinski definition) is 1. The van der Waals surface area contributed by atoms with Gasteiger partial charge in [-0.3, -0.25) is 4.79 Å². The van der Waals surface area contributed by atoms with Crippen molar-refractivity contribution >= 4 is 11.6 Å². The average molecular weight is 284 g/mol. The summed E-state index contributed by atoms with van der Waals surface area (Å²) in [6.45, 7) is 0.0946. The molecule has 0 saturated carbocycles. The van der Waals surface area contributed by atoms with Gasteiger partial charge in [0.1, 0.15) is 0 Å². The molecule has 1 amide bonds. The van der Waals surface area contributed by atoms with Gasteiger partial charge >= 0.3 is 6.18 Å². The molecule has 0 bridgehead atoms. The highest BCUT2D eigenvalue weighted by molar-refractivity contribution is 5.80. The molecule has 3 nitrogen and oxygen atoms in total. The largest absolute Gasteiger partial charge is 0.412 e. The zero-order valence-corrected chi connectivity index (χ0v) is 10.8. The number of carbonyl (C=O) groups excluding carboxylic acids is 1. The average Bonchev–Trinajstić information content (AvgIpc) is 2.40. The highest BCUT2D eigenvalue weighted by atomic mass is 19.4. The third kappa shape index (κ3) is 3.31. The maximum absolute atomic E-state index is 12.5. The Balaban J connectivity index is 1.99. The van der Waals surface area contributed by atoms with E-state index < -0.39 is 11.7 Å². The monoisotopic (exact) mass is 284 g/mol. The first kappa shape index (κ1) is 14.4. The Morgan fingerprint density at radius 3 is 2.55 bits per heavy atom. The Labute approximate surface area is 114 Å². The summed E-state index contributed by atoms with van der Waals surface area (Å²) in [5, 5.41) is 0. The van der Waals surface area contributed by atoms with Crippen molar-refractivity contribution in [1.29, 1.82) is 0 Å². The van der Waals surface area contributed by atoms with E-state index >= 15 is 0 Å². The Kier molecular flexibility index (Phi) is 4.01. The number of para-hydroxylation sites is 1. The normalized spacial score (nSPS) is 15.9. The zero-order chi connectivity index (χ0) is 14.8. The van der Waals surface area contributed by atoms with Gasteiger partial charge in [-0.05, 0) is 18.1 Å². The molecule has 0 atom stereocenters. The van der Waals surface area contributed by atoms with Gasteiger partial charge in [0, 0.05) is 24.4 Å². The molecule has 1 aromatic carbocycles. The second kappa shape index (κ2) is 5.56. The van der Waals surface area contributed by atoms with E-state index in [2.05, 4.69) is 0 Å². The molecule has 2 N–H and O–H groups in total. The van der Waals surface area contributed by atoms with Crippen LogP contribution < -0.4 is 5.73 Å². The number of halogens is 3. The number of rotatable bonds is 2. The first-order valence-electron chi connectivity index (χ1n) is 6.25. The van der Waals surface area contributed by atoms with Crippen molar-refractivity contribution in [3.63, 3.8) is 0 Å². The summed E-state index contributed by atoms with van der Waals surface area (Å²) in [6, 6.07) is 6.98. The quantitative estimate of drug-likeness (QED) is 0.670. The van der Waals surface area contributed by atoms with Crippen molar-refractivity contribution in [2.75, 3.05) is 18.8 Å². The molecular formula is C14H15F3N2O. The van der Waals surface area contributed by atoms with Gasteiger partial charge in [-0.2, -0.15) is 13.2 Å². The standard InChI is InChI=1S/C14H15F3N2O/c15-14(16,17)11-5-7-19(8-6-11)13(20)9-10-3-1-2-4-12(10)18/h1-5H,6-9,18H2. The fourth-order valence-electron chi connectivity index (χ4n) is 2.12. The smallest absolute Gasteiger partial charge is 0.398 e. The third-order valence-electron chi connectivity index (χ3n) is 3.32. The van der Waals surface area contributed by atoms with E-state index in [9.17, 15) is 18.0 Å². The Bertz CT molecular complexity index is 537. The van der Waals surface area contributed by atoms with E-state index in [-0.39, 0.29) is 31.8 Å². The Hall–Kier alpha value is -1.98. The van der Waals surface area contributed by atoms with E-state index in [1.54, 1.807) is 24.3 Å². The highest BCUT2D eigenvalue weighted by Crippen LogP contribution is 2.30. The van der Waals surface area contributed by atoms with Gasteiger partial charge in [0.25, 0.3) is 0 Å². The molecule has 1 aliphatic heterocycles. The van der Waals surface area contributed by atoms with Crippen molar-refractivity contribution in [1.82, 2.24) is 4.90 Å². The van der Waals surface area contributed by atoms with Crippen LogP contribution in [0.15, 0.2) is 35.9 Å². The fourth-order valence-corrected chi connectivity index (χ4v) is 2.12. The van der Waals surface area contributed by atoms with Crippen molar-refractivity contribution in [2.24, 2.45) is 0 Å². The minimum atomic E-state index is -4.29. The van der Waals surface area contributed by atoms with E-state index in [0.717, 1.165) is 6.08 Å². The molecule has 108 valence electrons. The maximum atomic E-state index is 12.5. The number of nitrogen functional groups attached to an aromatic ring is 1. The Morgan fingerprint density at radius 2 is 2.00 bits per heavy atom. The number of hydrogen-bond acceptors (Lipinski definition) is 2. The molecule has 1 heterocycles. The van der Waals surface area contributed by atoms with E-state index in [0.29, 0.717) is 11.3 Å². The SMILES string of the molecule is Nc1ccccc1CC(=O)N1CC=C(C(F)(F)F)CC1. The summed E-state index contributed by atoms with van der Waals surface area (Å²) < 4.78 is 37.4. The van der Waals surface area contributed by atoms with Crippen molar-refractivity contribution in [3.8, 4) is 0 Å². The molecule has 2 rings (SSSR count). The number of alkyl halides is 3. The first-order chi connectivity index (χ1) is 9.38. The van der Waals surface area contributed by atoms with Crippen molar-refractivity contribution < 1.29 is 18.0 Å². The van der Waals surface area contributed by atoms with Crippen LogP contribution in [0.5, 0.6) is 0 Å². The Morgan fingerprint density at radius 1 is 1.30 bits per heavy atom. The summed E-state index contributed by atoms with van der Waals surface area (Å²) in [4.78, 5) is 13.5. The van der Waals surface area contributed by atoms with Crippen LogP contribution in [0.2, 0.25) is 0 Å². The summed E-state index contributed by atoms with van der Waals surface area (Å²) in [5.41, 5.74) is 6.41. The number of nitrogens with zero attached hydrogens (tertiary/aromatic N) is 1. The number of nitrogens with two attached hydrogens (primary N) is 1. The zero-order valence-electron chi connectivity index (χ0n) is 10.8. The van der Waals surface area contributed by atoms with Gasteiger partial charge < -0.3 is 10.6 Å². The summed E-state index contributed by atoms with van der Waals surface area (Å²) >= 11 is 0. The van der Waals surface area contributed by atoms with Crippen LogP contribution in [-0.4, -0.2) is 30.1 Å². The minimum Gasteiger partial charge on any atom is -0.398 e. The van der Waals surface area contributed by atoms with E-state index in [1.165, 1.54) is 4.90 Å². The fraction of sp³-hybridized carbons (Fsp3) is 0.357. The van der Waals surface area contributed by atoms with Crippen LogP contribution in [0.25, 0.3) is 0 Å². The van der Waals surface area contributed by atoms with Crippen LogP contribution in [0.4, 0.5) is 18.9 Å². The highest BCUT2D eigenvalue weighted by Gasteiger charge is 2.35. The van der Waals surface area contributed by atoms with Crippen molar-refractivity contribution in [2.45, 2.75) is 19.0 Å². The van der Waals surface area contributed by atoms with Gasteiger partial charge in [0.2, 0.25) is 5.91 Å². The van der Waals surface area contributed by atoms with Crippen LogP contribution in [0.1, 0.15) is 12.0 Å². The lowest BCUT2D eigenvalue weighted by Gasteiger charge is -2.27. The van der Waals surface area contributed by atoms with Crippen LogP contribution in [0.3, 0.4) is 0 Å². The van der Waals surface area contributed by atoms with E-state index in [1.807, 2.05) is 0 Å². The molecule has 0 aromatic heterocycles. The topological polar surface area (TPSA) is 46.3 Å². The van der Waals surface area contributed by atoms with E-state index in [4.69, 9.17) is 5.73 Å². The van der Waals surface area contributed by atoms with Crippen LogP contribution in [-0.2, 0) is 11.2 Å². The maximum Gasteiger partial charge on any atom is 0.412 e. The molecule has 1 aliphatic rings. The molecular weight excluding hydrogens is 269 g/mol. The second-order valence-corrected chi connectivity index (χ2v) is 4.69. The molecule has 20 heavy (non-hydrogen) atoms. The summed E-state index contributed by atoms with van der Waals surface area (Å²) in [7, 11) is 0. The molecule has 0 aliphatic carbocycles. The molecule has 0 fully saturated rings. The molecule has 0 spiro atoms. The van der Waals surface area contributed by atoms with Gasteiger partial charge in [0.05, 0.1) is 6.42 Å². The molecule has 0 unspecified atom stereocenters.